The first-order valence-electron chi connectivity index (χ1n) is 7.46. The Morgan fingerprint density at radius 3 is 2.67 bits per heavy atom. The Hall–Kier alpha value is -0.620. The molecule has 1 heterocycles. The summed E-state index contributed by atoms with van der Waals surface area (Å²) in [4.78, 5) is 18.7. The zero-order chi connectivity index (χ0) is 14.5. The van der Waals surface area contributed by atoms with E-state index in [1.165, 1.54) is 32.1 Å². The third kappa shape index (κ3) is 4.95. The largest absolute Gasteiger partial charge is 0.466 e. The molecule has 4 nitrogen and oxygen atoms in total. The van der Waals surface area contributed by atoms with E-state index in [4.69, 9.17) is 9.73 Å². The van der Waals surface area contributed by atoms with Crippen LogP contribution in [0.5, 0.6) is 0 Å². The highest BCUT2D eigenvalue weighted by Crippen LogP contribution is 2.20. The smallest absolute Gasteiger partial charge is 0.311 e. The molecule has 6 heteroatoms. The molecule has 0 unspecified atom stereocenters. The molecule has 1 aromatic heterocycles. The molecule has 2 rings (SSSR count). The van der Waals surface area contributed by atoms with Crippen LogP contribution in [0.15, 0.2) is 4.99 Å². The van der Waals surface area contributed by atoms with Gasteiger partial charge in [-0.1, -0.05) is 19.3 Å². The van der Waals surface area contributed by atoms with Gasteiger partial charge in [-0.05, 0) is 26.7 Å². The maximum Gasteiger partial charge on any atom is 0.311 e. The minimum Gasteiger partial charge on any atom is -0.466 e. The second-order valence-electron chi connectivity index (χ2n) is 5.35. The average molecular weight is 377 g/mol. The van der Waals surface area contributed by atoms with Crippen LogP contribution in [-0.4, -0.2) is 23.2 Å². The lowest BCUT2D eigenvalue weighted by Crippen LogP contribution is -2.21. The van der Waals surface area contributed by atoms with E-state index in [9.17, 15) is 4.79 Å². The van der Waals surface area contributed by atoms with Gasteiger partial charge < -0.3 is 9.30 Å². The number of carbonyl (C=O) groups is 1. The Morgan fingerprint density at radius 2 is 2.05 bits per heavy atom. The Labute approximate surface area is 141 Å². The highest BCUT2D eigenvalue weighted by atomic mass is 79.9. The number of hydrogen-bond acceptors (Lipinski definition) is 4. The van der Waals surface area contributed by atoms with Crippen molar-refractivity contribution in [2.45, 2.75) is 58.4 Å². The van der Waals surface area contributed by atoms with Gasteiger partial charge in [0.05, 0.1) is 19.1 Å². The molecule has 0 atom stereocenters. The molecule has 1 saturated carbocycles. The normalized spacial score (nSPS) is 16.6. The van der Waals surface area contributed by atoms with Gasteiger partial charge in [-0.2, -0.15) is 0 Å². The van der Waals surface area contributed by atoms with Crippen LogP contribution in [0.3, 0.4) is 0 Å². The highest BCUT2D eigenvalue weighted by molar-refractivity contribution is 8.93. The van der Waals surface area contributed by atoms with Gasteiger partial charge in [0.2, 0.25) is 0 Å². The average Bonchev–Trinajstić information content (AvgIpc) is 2.68. The summed E-state index contributed by atoms with van der Waals surface area (Å²) in [5.41, 5.74) is 1.03. The summed E-state index contributed by atoms with van der Waals surface area (Å²) in [6, 6.07) is 0.462. The van der Waals surface area contributed by atoms with Crippen LogP contribution >= 0.6 is 28.3 Å². The number of halogens is 1. The fourth-order valence-corrected chi connectivity index (χ4v) is 3.74. The lowest BCUT2D eigenvalue weighted by molar-refractivity contribution is -0.142. The molecule has 21 heavy (non-hydrogen) atoms. The number of rotatable bonds is 4. The van der Waals surface area contributed by atoms with Crippen molar-refractivity contribution in [3.05, 3.63) is 15.4 Å². The molecule has 120 valence electrons. The molecule has 0 aromatic carbocycles. The van der Waals surface area contributed by atoms with Crippen LogP contribution in [-0.2, 0) is 23.0 Å². The summed E-state index contributed by atoms with van der Waals surface area (Å²) in [5.74, 6) is -0.159. The zero-order valence-corrected chi connectivity index (χ0v) is 15.6. The van der Waals surface area contributed by atoms with Crippen molar-refractivity contribution in [2.24, 2.45) is 12.0 Å². The van der Waals surface area contributed by atoms with Crippen LogP contribution in [0.25, 0.3) is 0 Å². The van der Waals surface area contributed by atoms with E-state index in [-0.39, 0.29) is 23.0 Å². The van der Waals surface area contributed by atoms with Crippen molar-refractivity contribution in [3.8, 4) is 0 Å². The van der Waals surface area contributed by atoms with Gasteiger partial charge in [-0.15, -0.1) is 28.3 Å². The second-order valence-corrected chi connectivity index (χ2v) is 6.53. The van der Waals surface area contributed by atoms with Gasteiger partial charge in [0.15, 0.2) is 4.80 Å². The number of hydrogen-bond donors (Lipinski definition) is 0. The van der Waals surface area contributed by atoms with Crippen molar-refractivity contribution in [3.63, 3.8) is 0 Å². The summed E-state index contributed by atoms with van der Waals surface area (Å²) in [6.45, 7) is 4.33. The van der Waals surface area contributed by atoms with Crippen LogP contribution in [0.4, 0.5) is 0 Å². The Kier molecular flexibility index (Phi) is 7.66. The molecule has 0 saturated heterocycles. The second kappa shape index (κ2) is 8.73. The molecule has 0 radical (unpaired) electrons. The van der Waals surface area contributed by atoms with E-state index in [0.717, 1.165) is 15.4 Å². The molecule has 0 spiro atoms. The minimum absolute atomic E-state index is 0. The number of esters is 1. The Morgan fingerprint density at radius 1 is 1.38 bits per heavy atom. The van der Waals surface area contributed by atoms with Gasteiger partial charge in [0, 0.05) is 17.6 Å². The Balaban J connectivity index is 0.00000220. The van der Waals surface area contributed by atoms with Gasteiger partial charge in [0.25, 0.3) is 0 Å². The number of aryl methyl sites for hydroxylation is 1. The van der Waals surface area contributed by atoms with E-state index < -0.39 is 0 Å². The first-order valence-corrected chi connectivity index (χ1v) is 8.28. The van der Waals surface area contributed by atoms with Crippen LogP contribution in [0.2, 0.25) is 0 Å². The minimum atomic E-state index is -0.159. The van der Waals surface area contributed by atoms with E-state index in [2.05, 4.69) is 11.5 Å². The van der Waals surface area contributed by atoms with Crippen molar-refractivity contribution < 1.29 is 9.53 Å². The van der Waals surface area contributed by atoms with Gasteiger partial charge in [-0.3, -0.25) is 9.79 Å². The number of carbonyl (C=O) groups excluding carboxylic acids is 1. The fraction of sp³-hybridized carbons (Fsp3) is 0.733. The quantitative estimate of drug-likeness (QED) is 0.756. The van der Waals surface area contributed by atoms with E-state index in [1.54, 1.807) is 11.3 Å². The summed E-state index contributed by atoms with van der Waals surface area (Å²) in [7, 11) is 2.00. The van der Waals surface area contributed by atoms with Crippen LogP contribution < -0.4 is 4.80 Å². The monoisotopic (exact) mass is 376 g/mol. The summed E-state index contributed by atoms with van der Waals surface area (Å²) < 4.78 is 7.10. The molecular weight excluding hydrogens is 352 g/mol. The molecule has 1 aliphatic carbocycles. The summed E-state index contributed by atoms with van der Waals surface area (Å²) >= 11 is 1.68. The van der Waals surface area contributed by atoms with Gasteiger partial charge in [0.1, 0.15) is 0 Å². The third-order valence-corrected chi connectivity index (χ3v) is 4.93. The fourth-order valence-electron chi connectivity index (χ4n) is 2.69. The third-order valence-electron chi connectivity index (χ3n) is 3.83. The van der Waals surface area contributed by atoms with Crippen molar-refractivity contribution in [2.75, 3.05) is 6.61 Å². The van der Waals surface area contributed by atoms with Gasteiger partial charge >= 0.3 is 5.97 Å². The standard InChI is InChI=1S/C15H24N2O2S.BrH/c1-4-19-14(18)10-13-11(2)20-15(17(13)3)16-12-8-6-5-7-9-12;/h12H,4-10H2,1-3H3;1H. The molecular formula is C15H25BrN2O2S. The van der Waals surface area contributed by atoms with Gasteiger partial charge in [-0.25, -0.2) is 0 Å². The molecule has 0 bridgehead atoms. The summed E-state index contributed by atoms with van der Waals surface area (Å²) in [5, 5.41) is 0. The van der Waals surface area contributed by atoms with Crippen molar-refractivity contribution in [1.82, 2.24) is 4.57 Å². The van der Waals surface area contributed by atoms with E-state index >= 15 is 0 Å². The molecule has 1 aliphatic rings. The lowest BCUT2D eigenvalue weighted by atomic mass is 9.96. The first-order chi connectivity index (χ1) is 9.61. The molecule has 0 N–H and O–H groups in total. The van der Waals surface area contributed by atoms with E-state index in [0.29, 0.717) is 19.1 Å². The summed E-state index contributed by atoms with van der Waals surface area (Å²) in [6.07, 6.45) is 6.66. The molecule has 0 aliphatic heterocycles. The Bertz CT molecular complexity index is 530. The van der Waals surface area contributed by atoms with Crippen LogP contribution in [0.1, 0.15) is 49.6 Å². The molecule has 1 aromatic rings. The van der Waals surface area contributed by atoms with Crippen LogP contribution in [0, 0.1) is 6.92 Å². The maximum absolute atomic E-state index is 11.7. The number of ether oxygens (including phenoxy) is 1. The predicted octanol–water partition coefficient (Wildman–Crippen LogP) is 3.31. The number of aromatic nitrogens is 1. The van der Waals surface area contributed by atoms with E-state index in [1.807, 2.05) is 14.0 Å². The number of thiazole rings is 1. The molecule has 0 amide bonds. The van der Waals surface area contributed by atoms with Crippen molar-refractivity contribution in [1.29, 1.82) is 0 Å². The molecule has 1 fully saturated rings. The lowest BCUT2D eigenvalue weighted by Gasteiger charge is -2.16. The zero-order valence-electron chi connectivity index (χ0n) is 13.1. The topological polar surface area (TPSA) is 43.6 Å². The highest BCUT2D eigenvalue weighted by Gasteiger charge is 2.15. The predicted molar refractivity (Wildman–Crippen MR) is 91.1 cm³/mol. The first kappa shape index (κ1) is 18.4. The maximum atomic E-state index is 11.7. The van der Waals surface area contributed by atoms with Crippen molar-refractivity contribution >= 4 is 34.3 Å². The SMILES string of the molecule is Br.CCOC(=O)Cc1c(C)sc(=NC2CCCCC2)n1C. The number of nitrogens with zero attached hydrogens (tertiary/aromatic N) is 2.